The molecule has 1 atom stereocenters. The minimum absolute atomic E-state index is 0.0141. The molecule has 0 spiro atoms. The molecule has 5 nitrogen and oxygen atoms in total. The van der Waals surface area contributed by atoms with Crippen molar-refractivity contribution in [2.24, 2.45) is 10.1 Å². The first-order valence-electron chi connectivity index (χ1n) is 8.11. The van der Waals surface area contributed by atoms with Crippen LogP contribution in [0, 0.1) is 0 Å². The zero-order valence-corrected chi connectivity index (χ0v) is 14.3. The highest BCUT2D eigenvalue weighted by molar-refractivity contribution is 6.07. The second-order valence-electron chi connectivity index (χ2n) is 5.77. The predicted molar refractivity (Wildman–Crippen MR) is 103 cm³/mol. The van der Waals surface area contributed by atoms with Crippen LogP contribution in [0.4, 0.5) is 5.69 Å². The molecule has 0 saturated heterocycles. The molecule has 1 amide bonds. The molecule has 1 aliphatic rings. The Bertz CT molecular complexity index is 823. The van der Waals surface area contributed by atoms with Crippen molar-refractivity contribution in [1.82, 2.24) is 5.43 Å². The highest BCUT2D eigenvalue weighted by Crippen LogP contribution is 2.17. The summed E-state index contributed by atoms with van der Waals surface area (Å²) in [4.78, 5) is 18.2. The van der Waals surface area contributed by atoms with Gasteiger partial charge in [-0.3, -0.25) is 15.2 Å². The normalized spacial score (nSPS) is 16.4. The van der Waals surface area contributed by atoms with Gasteiger partial charge in [-0.05, 0) is 30.7 Å². The summed E-state index contributed by atoms with van der Waals surface area (Å²) in [6.07, 6.45) is 4.98. The van der Waals surface area contributed by atoms with Gasteiger partial charge in [0, 0.05) is 24.4 Å². The number of rotatable bonds is 4. The summed E-state index contributed by atoms with van der Waals surface area (Å²) in [6.45, 7) is 1.99. The zero-order chi connectivity index (χ0) is 17.6. The van der Waals surface area contributed by atoms with Crippen molar-refractivity contribution in [3.63, 3.8) is 0 Å². The molecule has 0 aliphatic carbocycles. The molecule has 0 radical (unpaired) electrons. The summed E-state index contributed by atoms with van der Waals surface area (Å²) in [5.41, 5.74) is 6.47. The van der Waals surface area contributed by atoms with E-state index < -0.39 is 0 Å². The van der Waals surface area contributed by atoms with Crippen LogP contribution in [-0.2, 0) is 4.79 Å². The van der Waals surface area contributed by atoms with E-state index in [-0.39, 0.29) is 11.9 Å². The standard InChI is InChI=1S/C20H20N4O/c1-15-20(23-22-14-21-15)17-9-11-18(12-10-17)24(2)19(25)13-8-16-6-4-3-5-7-16/h3-15H,1-2H3,(H,21,22). The molecule has 1 N–H and O–H groups in total. The van der Waals surface area contributed by atoms with E-state index >= 15 is 0 Å². The summed E-state index contributed by atoms with van der Waals surface area (Å²) >= 11 is 0. The lowest BCUT2D eigenvalue weighted by Crippen LogP contribution is -2.26. The molecular formula is C20H20N4O. The highest BCUT2D eigenvalue weighted by atomic mass is 16.2. The molecule has 0 aromatic heterocycles. The Balaban J connectivity index is 1.70. The van der Waals surface area contributed by atoms with Crippen LogP contribution in [0.15, 0.2) is 70.8 Å². The first kappa shape index (κ1) is 16.6. The minimum Gasteiger partial charge on any atom is -0.312 e. The topological polar surface area (TPSA) is 57.1 Å². The zero-order valence-electron chi connectivity index (χ0n) is 14.3. The number of hydrazone groups is 1. The smallest absolute Gasteiger partial charge is 0.250 e. The van der Waals surface area contributed by atoms with Crippen LogP contribution in [0.5, 0.6) is 0 Å². The van der Waals surface area contributed by atoms with Crippen LogP contribution in [0.1, 0.15) is 18.1 Å². The van der Waals surface area contributed by atoms with Crippen LogP contribution in [0.25, 0.3) is 6.08 Å². The lowest BCUT2D eigenvalue weighted by Gasteiger charge is -2.18. The number of aliphatic imine (C=N–C) groups is 1. The number of nitrogens with one attached hydrogen (secondary N) is 1. The van der Waals surface area contributed by atoms with Crippen molar-refractivity contribution < 1.29 is 4.79 Å². The Hall–Kier alpha value is -3.21. The Morgan fingerprint density at radius 1 is 1.12 bits per heavy atom. The van der Waals surface area contributed by atoms with Gasteiger partial charge >= 0.3 is 0 Å². The highest BCUT2D eigenvalue weighted by Gasteiger charge is 2.15. The molecular weight excluding hydrogens is 312 g/mol. The molecule has 0 saturated carbocycles. The third-order valence-electron chi connectivity index (χ3n) is 4.04. The number of likely N-dealkylation sites (N-methyl/N-ethyl adjacent to an activating group) is 1. The fourth-order valence-electron chi connectivity index (χ4n) is 2.54. The fourth-order valence-corrected chi connectivity index (χ4v) is 2.54. The van der Waals surface area contributed by atoms with Crippen molar-refractivity contribution in [1.29, 1.82) is 0 Å². The quantitative estimate of drug-likeness (QED) is 0.875. The van der Waals surface area contributed by atoms with Crippen molar-refractivity contribution in [2.75, 3.05) is 11.9 Å². The van der Waals surface area contributed by atoms with Crippen molar-refractivity contribution in [3.05, 3.63) is 71.8 Å². The van der Waals surface area contributed by atoms with E-state index in [0.29, 0.717) is 0 Å². The van der Waals surface area contributed by atoms with Gasteiger partial charge in [-0.2, -0.15) is 5.10 Å². The Kier molecular flexibility index (Phi) is 5.04. The SMILES string of the molecule is CC1N=CNN=C1c1ccc(N(C)C(=O)C=Cc2ccccc2)cc1. The van der Waals surface area contributed by atoms with Gasteiger partial charge in [0.15, 0.2) is 0 Å². The molecule has 25 heavy (non-hydrogen) atoms. The lowest BCUT2D eigenvalue weighted by atomic mass is 10.0. The van der Waals surface area contributed by atoms with Crippen LogP contribution < -0.4 is 10.3 Å². The van der Waals surface area contributed by atoms with Crippen LogP contribution in [-0.4, -0.2) is 31.0 Å². The number of carbonyl (C=O) groups excluding carboxylic acids is 1. The number of nitrogens with zero attached hydrogens (tertiary/aromatic N) is 3. The second-order valence-corrected chi connectivity index (χ2v) is 5.77. The molecule has 126 valence electrons. The number of anilines is 1. The Morgan fingerprint density at radius 2 is 1.84 bits per heavy atom. The monoisotopic (exact) mass is 332 g/mol. The van der Waals surface area contributed by atoms with Gasteiger partial charge in [0.2, 0.25) is 0 Å². The van der Waals surface area contributed by atoms with E-state index in [1.54, 1.807) is 24.4 Å². The third kappa shape index (κ3) is 4.01. The molecule has 0 bridgehead atoms. The van der Waals surface area contributed by atoms with Crippen LogP contribution >= 0.6 is 0 Å². The predicted octanol–water partition coefficient (Wildman–Crippen LogP) is 3.09. The van der Waals surface area contributed by atoms with Gasteiger partial charge in [0.05, 0.1) is 11.8 Å². The number of hydrogen-bond donors (Lipinski definition) is 1. The van der Waals surface area contributed by atoms with Gasteiger partial charge in [0.1, 0.15) is 6.34 Å². The molecule has 5 heteroatoms. The average Bonchev–Trinajstić information content (AvgIpc) is 2.67. The maximum absolute atomic E-state index is 12.3. The van der Waals surface area contributed by atoms with Gasteiger partial charge < -0.3 is 4.90 Å². The largest absolute Gasteiger partial charge is 0.312 e. The van der Waals surface area contributed by atoms with E-state index in [4.69, 9.17) is 0 Å². The number of benzene rings is 2. The van der Waals surface area contributed by atoms with Crippen LogP contribution in [0.2, 0.25) is 0 Å². The minimum atomic E-state index is -0.0776. The van der Waals surface area contributed by atoms with E-state index in [2.05, 4.69) is 15.5 Å². The molecule has 2 aromatic carbocycles. The molecule has 1 aliphatic heterocycles. The molecule has 2 aromatic rings. The number of amides is 1. The first-order chi connectivity index (χ1) is 12.1. The third-order valence-corrected chi connectivity index (χ3v) is 4.04. The van der Waals surface area contributed by atoms with E-state index in [0.717, 1.165) is 22.5 Å². The van der Waals surface area contributed by atoms with Gasteiger partial charge in [-0.15, -0.1) is 0 Å². The van der Waals surface area contributed by atoms with E-state index in [1.165, 1.54) is 0 Å². The summed E-state index contributed by atoms with van der Waals surface area (Å²) in [5.74, 6) is -0.0776. The van der Waals surface area contributed by atoms with Crippen molar-refractivity contribution in [3.8, 4) is 0 Å². The van der Waals surface area contributed by atoms with Gasteiger partial charge in [-0.1, -0.05) is 42.5 Å². The van der Waals surface area contributed by atoms with Gasteiger partial charge in [0.25, 0.3) is 5.91 Å². The molecule has 1 heterocycles. The maximum atomic E-state index is 12.3. The number of hydrogen-bond acceptors (Lipinski definition) is 4. The molecule has 0 fully saturated rings. The van der Waals surface area contributed by atoms with Crippen LogP contribution in [0.3, 0.4) is 0 Å². The van der Waals surface area contributed by atoms with Gasteiger partial charge in [-0.25, -0.2) is 0 Å². The summed E-state index contributed by atoms with van der Waals surface area (Å²) < 4.78 is 0. The summed E-state index contributed by atoms with van der Waals surface area (Å²) in [6, 6.07) is 17.5. The summed E-state index contributed by atoms with van der Waals surface area (Å²) in [5, 5.41) is 4.28. The van der Waals surface area contributed by atoms with Crippen molar-refractivity contribution >= 4 is 29.7 Å². The van der Waals surface area contributed by atoms with E-state index in [1.807, 2.05) is 67.6 Å². The Labute approximate surface area is 147 Å². The number of carbonyl (C=O) groups is 1. The average molecular weight is 332 g/mol. The molecule has 1 unspecified atom stereocenters. The lowest BCUT2D eigenvalue weighted by molar-refractivity contribution is -0.113. The van der Waals surface area contributed by atoms with Crippen molar-refractivity contribution in [2.45, 2.75) is 13.0 Å². The van der Waals surface area contributed by atoms with E-state index in [9.17, 15) is 4.79 Å². The fraction of sp³-hybridized carbons (Fsp3) is 0.150. The summed E-state index contributed by atoms with van der Waals surface area (Å²) in [7, 11) is 1.76. The second kappa shape index (κ2) is 7.57. The maximum Gasteiger partial charge on any atom is 0.250 e. The Morgan fingerprint density at radius 3 is 2.52 bits per heavy atom. The molecule has 3 rings (SSSR count). The first-order valence-corrected chi connectivity index (χ1v) is 8.11.